The number of nitrogens with zero attached hydrogens (tertiary/aromatic N) is 2. The van der Waals surface area contributed by atoms with E-state index < -0.39 is 18.0 Å². The van der Waals surface area contributed by atoms with Crippen molar-refractivity contribution in [2.75, 3.05) is 27.9 Å². The van der Waals surface area contributed by atoms with Crippen LogP contribution in [0.15, 0.2) is 106 Å². The number of hydrogen-bond acceptors (Lipinski definition) is 10. The number of aromatic carboxylic acids is 1. The maximum absolute atomic E-state index is 14.4. The smallest absolute Gasteiger partial charge is 0.338 e. The van der Waals surface area contributed by atoms with Crippen molar-refractivity contribution < 1.29 is 38.4 Å². The number of carboxylic acid groups (broad SMARTS) is 1. The monoisotopic (exact) mass is 706 g/mol. The SMILES string of the molecule is CCOC(=O)C1=C(c2ccccc2)N=c2s/c(=C\c3ccc(OCc4cccc(C(=O)O)c4)c(OC)c3)c(=O)n2[C@@H]1c1ccc(OC)c(OC)c1. The van der Waals surface area contributed by atoms with Crippen LogP contribution in [0.2, 0.25) is 0 Å². The first-order valence-electron chi connectivity index (χ1n) is 15.9. The van der Waals surface area contributed by atoms with Gasteiger partial charge in [-0.25, -0.2) is 14.6 Å². The Labute approximate surface area is 296 Å². The summed E-state index contributed by atoms with van der Waals surface area (Å²) in [6.45, 7) is 1.98. The van der Waals surface area contributed by atoms with Crippen LogP contribution in [-0.2, 0) is 16.1 Å². The highest BCUT2D eigenvalue weighted by Gasteiger charge is 2.35. The Bertz CT molecular complexity index is 2330. The summed E-state index contributed by atoms with van der Waals surface area (Å²) in [6, 6.07) is 25.4. The van der Waals surface area contributed by atoms with Gasteiger partial charge in [-0.2, -0.15) is 0 Å². The molecule has 2 heterocycles. The fourth-order valence-electron chi connectivity index (χ4n) is 5.78. The number of carboxylic acids is 1. The second-order valence-electron chi connectivity index (χ2n) is 11.3. The van der Waals surface area contributed by atoms with Crippen molar-refractivity contribution in [1.82, 2.24) is 4.57 Å². The summed E-state index contributed by atoms with van der Waals surface area (Å²) in [4.78, 5) is 44.8. The van der Waals surface area contributed by atoms with Crippen LogP contribution in [0.3, 0.4) is 0 Å². The number of benzene rings is 4. The number of rotatable bonds is 12. The van der Waals surface area contributed by atoms with Crippen LogP contribution in [-0.4, -0.2) is 49.5 Å². The molecule has 1 atom stereocenters. The van der Waals surface area contributed by atoms with Gasteiger partial charge < -0.3 is 28.8 Å². The topological polar surface area (TPSA) is 135 Å². The lowest BCUT2D eigenvalue weighted by Gasteiger charge is -2.26. The second-order valence-corrected chi connectivity index (χ2v) is 12.3. The summed E-state index contributed by atoms with van der Waals surface area (Å²) in [6.07, 6.45) is 1.73. The molecule has 1 aromatic heterocycles. The van der Waals surface area contributed by atoms with Gasteiger partial charge in [0.05, 0.1) is 55.3 Å². The lowest BCUT2D eigenvalue weighted by molar-refractivity contribution is -0.138. The standard InChI is InChI=1S/C39H34N2O9S/c1-5-49-38(45)33-34(25-11-7-6-8-12-25)40-39-41(35(33)26-15-17-28(46-2)31(21-26)48-4)36(42)32(51-39)20-23-14-16-29(30(19-23)47-3)50-22-24-10-9-13-27(18-24)37(43)44/h6-21,35H,5,22H2,1-4H3,(H,43,44)/b32-20-/t35-/m1/s1. The molecule has 1 N–H and O–H groups in total. The molecule has 1 aliphatic heterocycles. The van der Waals surface area contributed by atoms with Crippen LogP contribution in [0.4, 0.5) is 0 Å². The van der Waals surface area contributed by atoms with Gasteiger partial charge >= 0.3 is 11.9 Å². The Hall–Kier alpha value is -6.14. The molecule has 1 aliphatic rings. The van der Waals surface area contributed by atoms with E-state index in [2.05, 4.69) is 0 Å². The minimum atomic E-state index is -1.02. The molecule has 4 aromatic carbocycles. The van der Waals surface area contributed by atoms with Crippen LogP contribution in [0.25, 0.3) is 11.8 Å². The van der Waals surface area contributed by atoms with Gasteiger partial charge in [0.15, 0.2) is 27.8 Å². The molecule has 0 amide bonds. The van der Waals surface area contributed by atoms with Crippen LogP contribution in [0.5, 0.6) is 23.0 Å². The lowest BCUT2D eigenvalue weighted by atomic mass is 9.93. The van der Waals surface area contributed by atoms with E-state index in [4.69, 9.17) is 28.7 Å². The van der Waals surface area contributed by atoms with E-state index in [1.54, 1.807) is 67.6 Å². The van der Waals surface area contributed by atoms with Gasteiger partial charge in [-0.05, 0) is 66.1 Å². The van der Waals surface area contributed by atoms with Crippen molar-refractivity contribution in [3.05, 3.63) is 144 Å². The fraction of sp³-hybridized carbons (Fsp3) is 0.179. The van der Waals surface area contributed by atoms with E-state index in [-0.39, 0.29) is 29.9 Å². The quantitative estimate of drug-likeness (QED) is 0.173. The molecule has 0 saturated heterocycles. The van der Waals surface area contributed by atoms with Crippen molar-refractivity contribution in [1.29, 1.82) is 0 Å². The molecule has 6 rings (SSSR count). The Morgan fingerprint density at radius 3 is 2.29 bits per heavy atom. The number of thiazole rings is 1. The Balaban J connectivity index is 1.47. The number of carbonyl (C=O) groups is 2. The van der Waals surface area contributed by atoms with E-state index in [1.165, 1.54) is 43.3 Å². The number of hydrogen-bond donors (Lipinski definition) is 1. The molecule has 12 heteroatoms. The molecule has 0 aliphatic carbocycles. The van der Waals surface area contributed by atoms with E-state index in [9.17, 15) is 19.5 Å². The van der Waals surface area contributed by atoms with Crippen molar-refractivity contribution in [3.8, 4) is 23.0 Å². The van der Waals surface area contributed by atoms with E-state index in [0.29, 0.717) is 60.3 Å². The van der Waals surface area contributed by atoms with Gasteiger partial charge in [0.25, 0.3) is 5.56 Å². The molecule has 260 valence electrons. The van der Waals surface area contributed by atoms with Crippen LogP contribution < -0.4 is 33.8 Å². The zero-order valence-electron chi connectivity index (χ0n) is 28.2. The third-order valence-corrected chi connectivity index (χ3v) is 9.13. The minimum Gasteiger partial charge on any atom is -0.493 e. The normalized spacial score (nSPS) is 14.0. The maximum Gasteiger partial charge on any atom is 0.338 e. The minimum absolute atomic E-state index is 0.123. The molecular formula is C39H34N2O9S. The summed E-state index contributed by atoms with van der Waals surface area (Å²) < 4.78 is 30.1. The first-order chi connectivity index (χ1) is 24.8. The number of carbonyl (C=O) groups excluding carboxylic acids is 1. The Morgan fingerprint density at radius 2 is 1.59 bits per heavy atom. The third-order valence-electron chi connectivity index (χ3n) is 8.15. The summed E-state index contributed by atoms with van der Waals surface area (Å²) >= 11 is 1.19. The summed E-state index contributed by atoms with van der Waals surface area (Å²) in [7, 11) is 4.56. The molecule has 0 radical (unpaired) electrons. The molecule has 0 saturated carbocycles. The highest BCUT2D eigenvalue weighted by atomic mass is 32.1. The summed E-state index contributed by atoms with van der Waals surface area (Å²) in [5, 5.41) is 9.31. The zero-order valence-corrected chi connectivity index (χ0v) is 29.1. The summed E-state index contributed by atoms with van der Waals surface area (Å²) in [5.41, 5.74) is 3.06. The first-order valence-corrected chi connectivity index (χ1v) is 16.7. The highest BCUT2D eigenvalue weighted by molar-refractivity contribution is 7.07. The molecule has 0 spiro atoms. The predicted octanol–water partition coefficient (Wildman–Crippen LogP) is 5.24. The number of methoxy groups -OCH3 is 3. The van der Waals surface area contributed by atoms with E-state index in [1.807, 2.05) is 30.3 Å². The lowest BCUT2D eigenvalue weighted by Crippen LogP contribution is -2.40. The predicted molar refractivity (Wildman–Crippen MR) is 191 cm³/mol. The van der Waals surface area contributed by atoms with Crippen LogP contribution in [0.1, 0.15) is 45.6 Å². The van der Waals surface area contributed by atoms with Crippen LogP contribution >= 0.6 is 11.3 Å². The highest BCUT2D eigenvalue weighted by Crippen LogP contribution is 2.38. The molecule has 0 unspecified atom stereocenters. The number of fused-ring (bicyclic) bond motifs is 1. The van der Waals surface area contributed by atoms with E-state index in [0.717, 1.165) is 0 Å². The number of ether oxygens (including phenoxy) is 5. The molecule has 11 nitrogen and oxygen atoms in total. The van der Waals surface area contributed by atoms with Gasteiger partial charge in [0, 0.05) is 5.56 Å². The van der Waals surface area contributed by atoms with Gasteiger partial charge in [0.1, 0.15) is 6.61 Å². The molecule has 51 heavy (non-hydrogen) atoms. The van der Waals surface area contributed by atoms with Crippen molar-refractivity contribution in [3.63, 3.8) is 0 Å². The number of esters is 1. The van der Waals surface area contributed by atoms with Crippen LogP contribution in [0, 0.1) is 0 Å². The first kappa shape index (κ1) is 34.7. The van der Waals surface area contributed by atoms with Gasteiger partial charge in [-0.15, -0.1) is 0 Å². The van der Waals surface area contributed by atoms with Crippen molar-refractivity contribution >= 4 is 35.0 Å². The molecule has 0 fully saturated rings. The van der Waals surface area contributed by atoms with E-state index >= 15 is 0 Å². The fourth-order valence-corrected chi connectivity index (χ4v) is 6.78. The molecule has 5 aromatic rings. The summed E-state index contributed by atoms with van der Waals surface area (Å²) in [5.74, 6) is 0.176. The van der Waals surface area contributed by atoms with Crippen molar-refractivity contribution in [2.24, 2.45) is 4.99 Å². The average molecular weight is 707 g/mol. The van der Waals surface area contributed by atoms with Gasteiger partial charge in [-0.1, -0.05) is 65.9 Å². The zero-order chi connectivity index (χ0) is 36.1. The van der Waals surface area contributed by atoms with Gasteiger partial charge in [0.2, 0.25) is 0 Å². The number of aromatic nitrogens is 1. The van der Waals surface area contributed by atoms with Crippen molar-refractivity contribution in [2.45, 2.75) is 19.6 Å². The third kappa shape index (κ3) is 7.12. The molecular weight excluding hydrogens is 673 g/mol. The van der Waals surface area contributed by atoms with Gasteiger partial charge in [-0.3, -0.25) is 9.36 Å². The second kappa shape index (κ2) is 15.2. The Morgan fingerprint density at radius 1 is 0.863 bits per heavy atom. The average Bonchev–Trinajstić information content (AvgIpc) is 3.47. The molecule has 0 bridgehead atoms. The maximum atomic E-state index is 14.4. The largest absolute Gasteiger partial charge is 0.493 e. The Kier molecular flexibility index (Phi) is 10.3.